The van der Waals surface area contributed by atoms with Crippen molar-refractivity contribution in [3.8, 4) is 0 Å². The quantitative estimate of drug-likeness (QED) is 0.851. The zero-order chi connectivity index (χ0) is 13.6. The van der Waals surface area contributed by atoms with Gasteiger partial charge in [0.2, 0.25) is 0 Å². The number of benzene rings is 1. The molecule has 0 bridgehead atoms. The predicted octanol–water partition coefficient (Wildman–Crippen LogP) is 3.97. The third kappa shape index (κ3) is 1.92. The molecule has 1 saturated carbocycles. The topological polar surface area (TPSA) is 20.2 Å². The number of aliphatic hydroxyl groups excluding tert-OH is 1. The maximum atomic E-state index is 13.0. The van der Waals surface area contributed by atoms with Gasteiger partial charge in [-0.3, -0.25) is 0 Å². The molecule has 0 radical (unpaired) electrons. The van der Waals surface area contributed by atoms with Crippen molar-refractivity contribution in [1.29, 1.82) is 0 Å². The van der Waals surface area contributed by atoms with Crippen LogP contribution in [-0.2, 0) is 6.18 Å². The summed E-state index contributed by atoms with van der Waals surface area (Å²) < 4.78 is 38.9. The molecule has 0 saturated heterocycles. The summed E-state index contributed by atoms with van der Waals surface area (Å²) in [7, 11) is 0. The van der Waals surface area contributed by atoms with Gasteiger partial charge in [0.25, 0.3) is 0 Å². The van der Waals surface area contributed by atoms with Gasteiger partial charge in [-0.1, -0.05) is 32.0 Å². The number of alkyl halides is 3. The molecule has 1 nitrogen and oxygen atoms in total. The van der Waals surface area contributed by atoms with E-state index in [2.05, 4.69) is 0 Å². The van der Waals surface area contributed by atoms with E-state index in [4.69, 9.17) is 0 Å². The Morgan fingerprint density at radius 2 is 1.94 bits per heavy atom. The van der Waals surface area contributed by atoms with E-state index in [9.17, 15) is 18.3 Å². The standard InChI is InChI=1S/C14H17F3O/c1-3-13(2)11(8-12(13)18)9-6-4-5-7-10(9)14(15,16)17/h4-7,11-12,18H,3,8H2,1-2H3. The van der Waals surface area contributed by atoms with Crippen LogP contribution in [0.5, 0.6) is 0 Å². The highest BCUT2D eigenvalue weighted by molar-refractivity contribution is 5.36. The zero-order valence-corrected chi connectivity index (χ0v) is 10.5. The predicted molar refractivity (Wildman–Crippen MR) is 63.2 cm³/mol. The lowest BCUT2D eigenvalue weighted by Gasteiger charge is -2.52. The molecule has 1 aromatic carbocycles. The molecule has 100 valence electrons. The fourth-order valence-corrected chi connectivity index (χ4v) is 2.86. The Bertz CT molecular complexity index is 441. The lowest BCUT2D eigenvalue weighted by atomic mass is 9.55. The van der Waals surface area contributed by atoms with Crippen LogP contribution in [-0.4, -0.2) is 11.2 Å². The van der Waals surface area contributed by atoms with Crippen molar-refractivity contribution in [1.82, 2.24) is 0 Å². The van der Waals surface area contributed by atoms with Crippen LogP contribution in [0.4, 0.5) is 13.2 Å². The monoisotopic (exact) mass is 258 g/mol. The first-order chi connectivity index (χ1) is 8.30. The molecule has 1 fully saturated rings. The second-order valence-corrected chi connectivity index (χ2v) is 5.25. The number of rotatable bonds is 2. The van der Waals surface area contributed by atoms with Gasteiger partial charge in [0.05, 0.1) is 11.7 Å². The maximum absolute atomic E-state index is 13.0. The summed E-state index contributed by atoms with van der Waals surface area (Å²) in [5.41, 5.74) is -0.692. The first-order valence-electron chi connectivity index (χ1n) is 6.15. The molecule has 1 N–H and O–H groups in total. The van der Waals surface area contributed by atoms with Crippen LogP contribution >= 0.6 is 0 Å². The Kier molecular flexibility index (Phi) is 3.18. The van der Waals surface area contributed by atoms with E-state index >= 15 is 0 Å². The molecule has 1 aliphatic rings. The third-order valence-electron chi connectivity index (χ3n) is 4.42. The maximum Gasteiger partial charge on any atom is 0.416 e. The Labute approximate surface area is 105 Å². The van der Waals surface area contributed by atoms with Crippen LogP contribution < -0.4 is 0 Å². The molecule has 0 heterocycles. The molecule has 0 aliphatic heterocycles. The molecule has 2 rings (SSSR count). The minimum absolute atomic E-state index is 0.213. The Morgan fingerprint density at radius 3 is 2.44 bits per heavy atom. The summed E-state index contributed by atoms with van der Waals surface area (Å²) in [6.45, 7) is 3.77. The number of aliphatic hydroxyl groups is 1. The summed E-state index contributed by atoms with van der Waals surface area (Å²) >= 11 is 0. The van der Waals surface area contributed by atoms with E-state index in [1.54, 1.807) is 6.07 Å². The molecule has 1 aromatic rings. The van der Waals surface area contributed by atoms with Crippen LogP contribution in [0, 0.1) is 5.41 Å². The van der Waals surface area contributed by atoms with Gasteiger partial charge in [-0.25, -0.2) is 0 Å². The number of hydrogen-bond donors (Lipinski definition) is 1. The number of hydrogen-bond acceptors (Lipinski definition) is 1. The zero-order valence-electron chi connectivity index (χ0n) is 10.5. The average Bonchev–Trinajstić information content (AvgIpc) is 2.33. The summed E-state index contributed by atoms with van der Waals surface area (Å²) in [5.74, 6) is -0.213. The molecular formula is C14H17F3O. The van der Waals surface area contributed by atoms with Gasteiger partial charge >= 0.3 is 6.18 Å². The van der Waals surface area contributed by atoms with E-state index in [-0.39, 0.29) is 5.92 Å². The first-order valence-corrected chi connectivity index (χ1v) is 6.15. The van der Waals surface area contributed by atoms with Gasteiger partial charge in [0.1, 0.15) is 0 Å². The molecule has 0 aromatic heterocycles. The third-order valence-corrected chi connectivity index (χ3v) is 4.42. The lowest BCUT2D eigenvalue weighted by Crippen LogP contribution is -2.49. The van der Waals surface area contributed by atoms with Crippen LogP contribution in [0.2, 0.25) is 0 Å². The highest BCUT2D eigenvalue weighted by Crippen LogP contribution is 2.56. The highest BCUT2D eigenvalue weighted by Gasteiger charge is 2.52. The summed E-state index contributed by atoms with van der Waals surface area (Å²) in [5, 5.41) is 9.81. The Morgan fingerprint density at radius 1 is 1.33 bits per heavy atom. The van der Waals surface area contributed by atoms with Crippen LogP contribution in [0.1, 0.15) is 43.7 Å². The van der Waals surface area contributed by atoms with Crippen LogP contribution in [0.15, 0.2) is 24.3 Å². The fourth-order valence-electron chi connectivity index (χ4n) is 2.86. The van der Waals surface area contributed by atoms with Crippen LogP contribution in [0.3, 0.4) is 0 Å². The van der Waals surface area contributed by atoms with Crippen LogP contribution in [0.25, 0.3) is 0 Å². The minimum atomic E-state index is -4.33. The van der Waals surface area contributed by atoms with E-state index < -0.39 is 23.3 Å². The molecule has 3 unspecified atom stereocenters. The van der Waals surface area contributed by atoms with Gasteiger partial charge in [0.15, 0.2) is 0 Å². The molecule has 18 heavy (non-hydrogen) atoms. The van der Waals surface area contributed by atoms with Crippen molar-refractivity contribution in [2.45, 2.75) is 44.9 Å². The summed E-state index contributed by atoms with van der Waals surface area (Å²) in [6.07, 6.45) is -3.75. The average molecular weight is 258 g/mol. The SMILES string of the molecule is CCC1(C)C(O)CC1c1ccccc1C(F)(F)F. The Balaban J connectivity index is 2.42. The second kappa shape index (κ2) is 4.26. The van der Waals surface area contributed by atoms with Crippen molar-refractivity contribution in [3.63, 3.8) is 0 Å². The Hall–Kier alpha value is -1.03. The molecule has 0 amide bonds. The molecular weight excluding hydrogens is 241 g/mol. The van der Waals surface area contributed by atoms with Crippen molar-refractivity contribution < 1.29 is 18.3 Å². The van der Waals surface area contributed by atoms with Crippen molar-refractivity contribution >= 4 is 0 Å². The molecule has 1 aliphatic carbocycles. The molecule has 0 spiro atoms. The van der Waals surface area contributed by atoms with Crippen molar-refractivity contribution in [2.75, 3.05) is 0 Å². The second-order valence-electron chi connectivity index (χ2n) is 5.25. The van der Waals surface area contributed by atoms with Gasteiger partial charge in [-0.05, 0) is 30.4 Å². The van der Waals surface area contributed by atoms with Gasteiger partial charge in [-0.15, -0.1) is 0 Å². The highest BCUT2D eigenvalue weighted by atomic mass is 19.4. The smallest absolute Gasteiger partial charge is 0.393 e. The van der Waals surface area contributed by atoms with E-state index in [0.717, 1.165) is 6.07 Å². The number of halogens is 3. The lowest BCUT2D eigenvalue weighted by molar-refractivity contribution is -0.141. The first kappa shape index (κ1) is 13.4. The normalized spacial score (nSPS) is 32.1. The van der Waals surface area contributed by atoms with E-state index in [0.29, 0.717) is 18.4 Å². The van der Waals surface area contributed by atoms with Crippen molar-refractivity contribution in [2.24, 2.45) is 5.41 Å². The summed E-state index contributed by atoms with van der Waals surface area (Å²) in [6, 6.07) is 5.69. The van der Waals surface area contributed by atoms with E-state index in [1.165, 1.54) is 12.1 Å². The summed E-state index contributed by atoms with van der Waals surface area (Å²) in [4.78, 5) is 0. The minimum Gasteiger partial charge on any atom is -0.393 e. The molecule has 3 atom stereocenters. The van der Waals surface area contributed by atoms with Crippen molar-refractivity contribution in [3.05, 3.63) is 35.4 Å². The largest absolute Gasteiger partial charge is 0.416 e. The van der Waals surface area contributed by atoms with E-state index in [1.807, 2.05) is 13.8 Å². The van der Waals surface area contributed by atoms with Gasteiger partial charge in [0, 0.05) is 5.41 Å². The molecule has 4 heteroatoms. The fraction of sp³-hybridized carbons (Fsp3) is 0.571. The van der Waals surface area contributed by atoms with Gasteiger partial charge < -0.3 is 5.11 Å². The van der Waals surface area contributed by atoms with Gasteiger partial charge in [-0.2, -0.15) is 13.2 Å².